The zero-order valence-electron chi connectivity index (χ0n) is 15.3. The van der Waals surface area contributed by atoms with Crippen LogP contribution in [0.2, 0.25) is 0 Å². The number of thioether (sulfide) groups is 1. The van der Waals surface area contributed by atoms with E-state index in [0.717, 1.165) is 11.8 Å². The Labute approximate surface area is 169 Å². The molecule has 3 N–H and O–H groups in total. The van der Waals surface area contributed by atoms with Crippen molar-refractivity contribution in [1.29, 1.82) is 0 Å². The molecule has 28 heavy (non-hydrogen) atoms. The molecule has 0 radical (unpaired) electrons. The van der Waals surface area contributed by atoms with Crippen LogP contribution in [0.15, 0.2) is 17.6 Å². The molecule has 150 valence electrons. The number of nitrogens with two attached hydrogens (primary N) is 1. The highest BCUT2D eigenvalue weighted by Crippen LogP contribution is 2.21. The summed E-state index contributed by atoms with van der Waals surface area (Å²) in [6, 6.07) is 0. The number of carbonyl (C=O) groups excluding carboxylic acids is 3. The fourth-order valence-corrected chi connectivity index (χ4v) is 3.34. The lowest BCUT2D eigenvalue weighted by Gasteiger charge is -2.06. The first-order chi connectivity index (χ1) is 13.4. The van der Waals surface area contributed by atoms with Gasteiger partial charge in [-0.25, -0.2) is 19.7 Å². The van der Waals surface area contributed by atoms with Gasteiger partial charge in [-0.2, -0.15) is 0 Å². The molecule has 10 nitrogen and oxygen atoms in total. The molecule has 12 heteroatoms. The van der Waals surface area contributed by atoms with Gasteiger partial charge in [0.1, 0.15) is 11.4 Å². The van der Waals surface area contributed by atoms with Crippen LogP contribution in [-0.4, -0.2) is 51.8 Å². The molecule has 0 bridgehead atoms. The molecule has 0 spiro atoms. The lowest BCUT2D eigenvalue weighted by Crippen LogP contribution is -2.14. The molecule has 0 aliphatic rings. The smallest absolute Gasteiger partial charge is 0.343 e. The Morgan fingerprint density at radius 1 is 1.18 bits per heavy atom. The van der Waals surface area contributed by atoms with Gasteiger partial charge in [0, 0.05) is 17.3 Å². The summed E-state index contributed by atoms with van der Waals surface area (Å²) in [7, 11) is 0. The van der Waals surface area contributed by atoms with E-state index in [0.29, 0.717) is 16.6 Å². The van der Waals surface area contributed by atoms with Crippen molar-refractivity contribution in [2.45, 2.75) is 25.4 Å². The molecule has 2 aromatic rings. The lowest BCUT2D eigenvalue weighted by atomic mass is 10.3. The number of amides is 1. The SMILES string of the molecule is CCOC(=O)Cc1cnc(NC(=O)CSc2ncc(C(=O)OCC)c(N)n2)s1. The van der Waals surface area contributed by atoms with Crippen LogP contribution in [0.25, 0.3) is 0 Å². The van der Waals surface area contributed by atoms with Crippen molar-refractivity contribution >= 4 is 51.9 Å². The van der Waals surface area contributed by atoms with Crippen LogP contribution in [-0.2, 0) is 25.5 Å². The van der Waals surface area contributed by atoms with Crippen molar-refractivity contribution in [1.82, 2.24) is 15.0 Å². The van der Waals surface area contributed by atoms with Gasteiger partial charge >= 0.3 is 11.9 Å². The molecule has 2 aromatic heterocycles. The summed E-state index contributed by atoms with van der Waals surface area (Å²) in [5.74, 6) is -1.26. The largest absolute Gasteiger partial charge is 0.466 e. The Balaban J connectivity index is 1.86. The number of carbonyl (C=O) groups is 3. The summed E-state index contributed by atoms with van der Waals surface area (Å²) in [4.78, 5) is 47.9. The first-order valence-corrected chi connectivity index (χ1v) is 10.1. The van der Waals surface area contributed by atoms with Crippen molar-refractivity contribution in [3.63, 3.8) is 0 Å². The second-order valence-corrected chi connectivity index (χ2v) is 7.18. The number of anilines is 2. The van der Waals surface area contributed by atoms with Crippen LogP contribution < -0.4 is 11.1 Å². The molecule has 2 heterocycles. The van der Waals surface area contributed by atoms with E-state index < -0.39 is 5.97 Å². The maximum atomic E-state index is 12.0. The summed E-state index contributed by atoms with van der Waals surface area (Å²) >= 11 is 2.25. The van der Waals surface area contributed by atoms with Crippen molar-refractivity contribution in [3.8, 4) is 0 Å². The summed E-state index contributed by atoms with van der Waals surface area (Å²) in [5, 5.41) is 3.26. The highest BCUT2D eigenvalue weighted by molar-refractivity contribution is 7.99. The summed E-state index contributed by atoms with van der Waals surface area (Å²) in [6.45, 7) is 3.94. The Kier molecular flexibility index (Phi) is 8.14. The van der Waals surface area contributed by atoms with Gasteiger partial charge in [0.15, 0.2) is 10.3 Å². The first-order valence-electron chi connectivity index (χ1n) is 8.25. The highest BCUT2D eigenvalue weighted by atomic mass is 32.2. The Morgan fingerprint density at radius 3 is 2.61 bits per heavy atom. The molecule has 0 aliphatic heterocycles. The molecule has 0 aliphatic carbocycles. The predicted molar refractivity (Wildman–Crippen MR) is 104 cm³/mol. The fraction of sp³-hybridized carbons (Fsp3) is 0.375. The second kappa shape index (κ2) is 10.6. The number of esters is 2. The van der Waals surface area contributed by atoms with Gasteiger partial charge in [0.2, 0.25) is 5.91 Å². The maximum absolute atomic E-state index is 12.0. The third-order valence-electron chi connectivity index (χ3n) is 3.05. The second-order valence-electron chi connectivity index (χ2n) is 5.12. The number of ether oxygens (including phenoxy) is 2. The van der Waals surface area contributed by atoms with Gasteiger partial charge in [0.25, 0.3) is 0 Å². The lowest BCUT2D eigenvalue weighted by molar-refractivity contribution is -0.142. The third kappa shape index (κ3) is 6.46. The molecular weight excluding hydrogens is 406 g/mol. The summed E-state index contributed by atoms with van der Waals surface area (Å²) in [6.07, 6.45) is 2.89. The van der Waals surface area contributed by atoms with Crippen molar-refractivity contribution in [3.05, 3.63) is 22.8 Å². The van der Waals surface area contributed by atoms with Crippen LogP contribution in [0.3, 0.4) is 0 Å². The van der Waals surface area contributed by atoms with Gasteiger partial charge in [0.05, 0.1) is 25.4 Å². The average Bonchev–Trinajstić information content (AvgIpc) is 3.07. The number of nitrogens with zero attached hydrogens (tertiary/aromatic N) is 3. The van der Waals surface area contributed by atoms with Crippen LogP contribution in [0.4, 0.5) is 10.9 Å². The Bertz CT molecular complexity index is 858. The van der Waals surface area contributed by atoms with E-state index in [4.69, 9.17) is 15.2 Å². The zero-order valence-corrected chi connectivity index (χ0v) is 16.9. The van der Waals surface area contributed by atoms with E-state index in [9.17, 15) is 14.4 Å². The monoisotopic (exact) mass is 425 g/mol. The molecule has 0 saturated carbocycles. The molecular formula is C16H19N5O5S2. The third-order valence-corrected chi connectivity index (χ3v) is 4.82. The minimum atomic E-state index is -0.600. The van der Waals surface area contributed by atoms with E-state index in [-0.39, 0.29) is 47.2 Å². The quantitative estimate of drug-likeness (QED) is 0.344. The van der Waals surface area contributed by atoms with Crippen molar-refractivity contribution in [2.24, 2.45) is 0 Å². The van der Waals surface area contributed by atoms with Gasteiger partial charge in [-0.05, 0) is 13.8 Å². The number of aromatic nitrogens is 3. The zero-order chi connectivity index (χ0) is 20.5. The van der Waals surface area contributed by atoms with Crippen LogP contribution >= 0.6 is 23.1 Å². The molecule has 0 saturated heterocycles. The molecule has 2 rings (SSSR count). The van der Waals surface area contributed by atoms with Gasteiger partial charge in [-0.3, -0.25) is 9.59 Å². The van der Waals surface area contributed by atoms with Crippen molar-refractivity contribution < 1.29 is 23.9 Å². The van der Waals surface area contributed by atoms with Crippen LogP contribution in [0.5, 0.6) is 0 Å². The van der Waals surface area contributed by atoms with E-state index in [2.05, 4.69) is 20.3 Å². The summed E-state index contributed by atoms with van der Waals surface area (Å²) in [5.41, 5.74) is 5.81. The van der Waals surface area contributed by atoms with Crippen molar-refractivity contribution in [2.75, 3.05) is 30.0 Å². The highest BCUT2D eigenvalue weighted by Gasteiger charge is 2.15. The van der Waals surface area contributed by atoms with E-state index in [1.807, 2.05) is 0 Å². The number of thiazole rings is 1. The van der Waals surface area contributed by atoms with E-state index in [1.165, 1.54) is 23.7 Å². The fourth-order valence-electron chi connectivity index (χ4n) is 1.90. The molecule has 1 amide bonds. The number of hydrogen-bond acceptors (Lipinski definition) is 11. The molecule has 0 unspecified atom stereocenters. The van der Waals surface area contributed by atoms with Gasteiger partial charge in [-0.15, -0.1) is 11.3 Å². The standard InChI is InChI=1S/C16H19N5O5S2/c1-3-25-12(23)5-9-6-18-16(28-9)20-11(22)8-27-15-19-7-10(13(17)21-15)14(24)26-4-2/h6-7H,3-5,8H2,1-2H3,(H2,17,19,21)(H,18,20,22). The topological polar surface area (TPSA) is 146 Å². The minimum absolute atomic E-state index is 0.0140. The molecule has 0 aromatic carbocycles. The Hall–Kier alpha value is -2.73. The van der Waals surface area contributed by atoms with Crippen LogP contribution in [0, 0.1) is 0 Å². The average molecular weight is 425 g/mol. The molecule has 0 fully saturated rings. The normalized spacial score (nSPS) is 10.4. The number of hydrogen-bond donors (Lipinski definition) is 2. The number of nitrogen functional groups attached to an aromatic ring is 1. The Morgan fingerprint density at radius 2 is 1.93 bits per heavy atom. The first kappa shape index (κ1) is 21.6. The molecule has 0 atom stereocenters. The predicted octanol–water partition coefficient (Wildman–Crippen LogP) is 1.53. The van der Waals surface area contributed by atoms with Crippen LogP contribution in [0.1, 0.15) is 29.1 Å². The van der Waals surface area contributed by atoms with E-state index >= 15 is 0 Å². The minimum Gasteiger partial charge on any atom is -0.466 e. The van der Waals surface area contributed by atoms with Gasteiger partial charge < -0.3 is 20.5 Å². The summed E-state index contributed by atoms with van der Waals surface area (Å²) < 4.78 is 9.71. The number of rotatable bonds is 9. The van der Waals surface area contributed by atoms with Gasteiger partial charge in [-0.1, -0.05) is 11.8 Å². The van der Waals surface area contributed by atoms with E-state index in [1.54, 1.807) is 13.8 Å². The number of nitrogens with one attached hydrogen (secondary N) is 1. The maximum Gasteiger partial charge on any atom is 0.343 e.